The lowest BCUT2D eigenvalue weighted by Gasteiger charge is -2.37. The third-order valence-electron chi connectivity index (χ3n) is 8.47. The minimum absolute atomic E-state index is 0.131. The van der Waals surface area contributed by atoms with Crippen LogP contribution in [0.2, 0.25) is 5.02 Å². The monoisotopic (exact) mass is 593 g/mol. The van der Waals surface area contributed by atoms with Gasteiger partial charge in [0.2, 0.25) is 15.9 Å². The Bertz CT molecular complexity index is 1290. The lowest BCUT2D eigenvalue weighted by Crippen LogP contribution is -2.57. The Morgan fingerprint density at radius 1 is 1.23 bits per heavy atom. The fraction of sp³-hybridized carbons (Fsp3) is 0.571. The largest absolute Gasteiger partial charge is 0.381 e. The summed E-state index contributed by atoms with van der Waals surface area (Å²) in [5.41, 5.74) is 8.07. The van der Waals surface area contributed by atoms with E-state index in [1.54, 1.807) is 16.4 Å². The molecule has 9 nitrogen and oxygen atoms in total. The van der Waals surface area contributed by atoms with Crippen molar-refractivity contribution >= 4 is 33.2 Å². The zero-order valence-corrected chi connectivity index (χ0v) is 24.0. The van der Waals surface area contributed by atoms with Gasteiger partial charge in [-0.25, -0.2) is 12.8 Å². The Balaban J connectivity index is 1.32. The van der Waals surface area contributed by atoms with Gasteiger partial charge in [0, 0.05) is 54.9 Å². The normalized spacial score (nSPS) is 26.4. The van der Waals surface area contributed by atoms with Crippen molar-refractivity contribution in [2.75, 3.05) is 37.4 Å². The number of pyridine rings is 1. The number of aromatic nitrogens is 1. The molecule has 2 aromatic rings. The molecule has 2 bridgehead atoms. The minimum atomic E-state index is -3.36. The smallest absolute Gasteiger partial charge is 0.241 e. The quantitative estimate of drug-likeness (QED) is 0.429. The molecule has 1 aromatic carbocycles. The molecule has 3 fully saturated rings. The second-order valence-corrected chi connectivity index (χ2v) is 13.5. The van der Waals surface area contributed by atoms with Crippen LogP contribution in [0, 0.1) is 11.7 Å². The average Bonchev–Trinajstić information content (AvgIpc) is 3.06. The molecule has 0 spiro atoms. The predicted molar refractivity (Wildman–Crippen MR) is 152 cm³/mol. The number of benzene rings is 1. The minimum Gasteiger partial charge on any atom is -0.381 e. The van der Waals surface area contributed by atoms with Crippen molar-refractivity contribution in [1.29, 1.82) is 0 Å². The van der Waals surface area contributed by atoms with Crippen molar-refractivity contribution in [1.82, 2.24) is 14.6 Å². The Kier molecular flexibility index (Phi) is 9.38. The Morgan fingerprint density at radius 3 is 2.73 bits per heavy atom. The molecule has 0 radical (unpaired) electrons. The number of hydrogen-bond donors (Lipinski definition) is 3. The van der Waals surface area contributed by atoms with Crippen molar-refractivity contribution < 1.29 is 22.3 Å². The molecule has 4 heterocycles. The first kappa shape index (κ1) is 29.3. The molecule has 0 aliphatic carbocycles. The lowest BCUT2D eigenvalue weighted by molar-refractivity contribution is -0.118. The fourth-order valence-electron chi connectivity index (χ4n) is 6.29. The van der Waals surface area contributed by atoms with Gasteiger partial charge < -0.3 is 21.1 Å². The number of nitrogens with one attached hydrogen (secondary N) is 2. The van der Waals surface area contributed by atoms with Gasteiger partial charge in [-0.1, -0.05) is 23.7 Å². The summed E-state index contributed by atoms with van der Waals surface area (Å²) in [6.07, 6.45) is 6.18. The van der Waals surface area contributed by atoms with Gasteiger partial charge in [0.1, 0.15) is 5.82 Å². The lowest BCUT2D eigenvalue weighted by atomic mass is 9.76. The van der Waals surface area contributed by atoms with Gasteiger partial charge in [0.15, 0.2) is 0 Å². The number of halogens is 2. The molecule has 1 aromatic heterocycles. The third-order valence-corrected chi connectivity index (χ3v) is 10.7. The molecule has 3 aliphatic rings. The van der Waals surface area contributed by atoms with E-state index in [-0.39, 0.29) is 41.8 Å². The molecule has 0 saturated carbocycles. The Hall–Kier alpha value is -2.15. The molecule has 1 unspecified atom stereocenters. The van der Waals surface area contributed by atoms with Crippen LogP contribution in [-0.2, 0) is 26.0 Å². The maximum atomic E-state index is 15.1. The number of amides is 1. The number of fused-ring (bicyclic) bond motifs is 2. The first-order valence-corrected chi connectivity index (χ1v) is 16.0. The number of rotatable bonds is 8. The number of nitrogens with two attached hydrogens (primary N) is 1. The average molecular weight is 594 g/mol. The molecule has 12 heteroatoms. The van der Waals surface area contributed by atoms with Crippen LogP contribution in [0.4, 0.5) is 10.1 Å². The van der Waals surface area contributed by atoms with Crippen LogP contribution >= 0.6 is 11.6 Å². The molecule has 40 heavy (non-hydrogen) atoms. The summed E-state index contributed by atoms with van der Waals surface area (Å²) in [6, 6.07) is 6.31. The number of anilines is 1. The fourth-order valence-corrected chi connectivity index (χ4v) is 8.22. The number of hydrogen-bond acceptors (Lipinski definition) is 7. The van der Waals surface area contributed by atoms with E-state index in [9.17, 15) is 13.2 Å². The summed E-state index contributed by atoms with van der Waals surface area (Å²) in [6.45, 7) is 2.15. The molecular weight excluding hydrogens is 557 g/mol. The maximum Gasteiger partial charge on any atom is 0.241 e. The number of carbonyl (C=O) groups excluding carboxylic acids is 1. The number of ether oxygens (including phenoxy) is 1. The van der Waals surface area contributed by atoms with Crippen molar-refractivity contribution in [2.24, 2.45) is 11.7 Å². The molecule has 4 N–H and O–H groups in total. The second-order valence-electron chi connectivity index (χ2n) is 11.0. The zero-order valence-electron chi connectivity index (χ0n) is 22.4. The van der Waals surface area contributed by atoms with E-state index in [1.807, 2.05) is 12.1 Å². The summed E-state index contributed by atoms with van der Waals surface area (Å²) >= 11 is 6.11. The van der Waals surface area contributed by atoms with E-state index in [1.165, 1.54) is 6.20 Å². The van der Waals surface area contributed by atoms with Crippen LogP contribution < -0.4 is 16.4 Å². The van der Waals surface area contributed by atoms with Crippen LogP contribution in [0.3, 0.4) is 0 Å². The van der Waals surface area contributed by atoms with Crippen LogP contribution in [-0.4, -0.2) is 73.8 Å². The number of nitrogens with zero attached hydrogens (tertiary/aromatic N) is 2. The SMILES string of the molecule is N[C@H](C(=O)Nc1cncc(F)c1CC[C@H]1CN[C@@H]2CCCS(=O)(=O)N1C2)[C@@H](c1ccc(Cl)cc1)C1CCOCC1. The molecule has 218 valence electrons. The first-order chi connectivity index (χ1) is 19.2. The van der Waals surface area contributed by atoms with Crippen LogP contribution in [0.15, 0.2) is 36.7 Å². The molecule has 3 saturated heterocycles. The second kappa shape index (κ2) is 12.8. The topological polar surface area (TPSA) is 127 Å². The van der Waals surface area contributed by atoms with Gasteiger partial charge in [-0.3, -0.25) is 9.78 Å². The number of piperazine rings is 1. The molecule has 3 aliphatic heterocycles. The maximum absolute atomic E-state index is 15.1. The van der Waals surface area contributed by atoms with Crippen LogP contribution in [0.1, 0.15) is 49.1 Å². The van der Waals surface area contributed by atoms with E-state index in [2.05, 4.69) is 15.6 Å². The number of carbonyl (C=O) groups is 1. The third kappa shape index (κ3) is 6.66. The van der Waals surface area contributed by atoms with Gasteiger partial charge in [-0.2, -0.15) is 4.31 Å². The van der Waals surface area contributed by atoms with Crippen LogP contribution in [0.5, 0.6) is 0 Å². The van der Waals surface area contributed by atoms with E-state index < -0.39 is 27.8 Å². The zero-order chi connectivity index (χ0) is 28.3. The van der Waals surface area contributed by atoms with Gasteiger partial charge in [-0.05, 0) is 62.1 Å². The van der Waals surface area contributed by atoms with Gasteiger partial charge in [0.25, 0.3) is 0 Å². The van der Waals surface area contributed by atoms with Crippen molar-refractivity contribution in [3.63, 3.8) is 0 Å². The van der Waals surface area contributed by atoms with E-state index >= 15 is 4.39 Å². The molecule has 5 rings (SSSR count). The predicted octanol–water partition coefficient (Wildman–Crippen LogP) is 3.05. The van der Waals surface area contributed by atoms with Gasteiger partial charge >= 0.3 is 0 Å². The number of sulfonamides is 1. The summed E-state index contributed by atoms with van der Waals surface area (Å²) in [4.78, 5) is 17.5. The molecule has 5 atom stereocenters. The summed E-state index contributed by atoms with van der Waals surface area (Å²) in [5, 5.41) is 6.87. The van der Waals surface area contributed by atoms with Crippen molar-refractivity contribution in [2.45, 2.75) is 62.6 Å². The first-order valence-electron chi connectivity index (χ1n) is 14.0. The Labute approximate surface area is 240 Å². The van der Waals surface area contributed by atoms with Crippen LogP contribution in [0.25, 0.3) is 0 Å². The highest BCUT2D eigenvalue weighted by atomic mass is 35.5. The highest BCUT2D eigenvalue weighted by Crippen LogP contribution is 2.35. The van der Waals surface area contributed by atoms with Gasteiger partial charge in [0.05, 0.1) is 29.9 Å². The van der Waals surface area contributed by atoms with E-state index in [0.29, 0.717) is 49.7 Å². The summed E-state index contributed by atoms with van der Waals surface area (Å²) in [7, 11) is -3.36. The Morgan fingerprint density at radius 2 is 1.98 bits per heavy atom. The highest BCUT2D eigenvalue weighted by Gasteiger charge is 2.38. The highest BCUT2D eigenvalue weighted by molar-refractivity contribution is 7.89. The van der Waals surface area contributed by atoms with Gasteiger partial charge in [-0.15, -0.1) is 0 Å². The van der Waals surface area contributed by atoms with E-state index in [4.69, 9.17) is 22.1 Å². The molecule has 1 amide bonds. The summed E-state index contributed by atoms with van der Waals surface area (Å²) < 4.78 is 47.9. The standard InChI is InChI=1S/C28H37ClFN5O4S/c29-20-5-3-18(4-6-20)26(19-9-11-39-12-10-19)27(31)28(36)34-25-16-32-15-24(30)23(25)8-7-22-14-33-21-2-1-13-40(37,38)35(22)17-21/h3-6,15-16,19,21-22,26-27,33H,1-2,7-14,17,31H2,(H,34,36)/t21-,22+,26+,27+/m1/s1. The van der Waals surface area contributed by atoms with E-state index in [0.717, 1.165) is 31.0 Å². The molecular formula is C28H37ClFN5O4S. The van der Waals surface area contributed by atoms with Crippen molar-refractivity contribution in [3.05, 3.63) is 58.6 Å². The van der Waals surface area contributed by atoms with Crippen molar-refractivity contribution in [3.8, 4) is 0 Å². The summed E-state index contributed by atoms with van der Waals surface area (Å²) in [5.74, 6) is -0.991.